The standard InChI is InChI=1S/C16H11N3OS3/c1-21-10-3-5-12-14(7-10)23-16(18-12)19-15(20)9-2-4-11-13(6-9)22-8-17-11/h2-8H,1H3,(H,18,19,20). The minimum atomic E-state index is -0.149. The molecule has 1 N–H and O–H groups in total. The molecule has 0 aliphatic carbocycles. The van der Waals surface area contributed by atoms with Crippen LogP contribution in [0.3, 0.4) is 0 Å². The van der Waals surface area contributed by atoms with Gasteiger partial charge in [-0.05, 0) is 42.7 Å². The van der Waals surface area contributed by atoms with E-state index in [1.165, 1.54) is 27.6 Å². The zero-order chi connectivity index (χ0) is 15.8. The number of carbonyl (C=O) groups excluding carboxylic acids is 1. The lowest BCUT2D eigenvalue weighted by molar-refractivity contribution is 0.102. The zero-order valence-corrected chi connectivity index (χ0v) is 14.5. The van der Waals surface area contributed by atoms with Crippen LogP contribution >= 0.6 is 34.4 Å². The van der Waals surface area contributed by atoms with Gasteiger partial charge in [-0.2, -0.15) is 0 Å². The van der Waals surface area contributed by atoms with E-state index in [4.69, 9.17) is 0 Å². The van der Waals surface area contributed by atoms with Crippen LogP contribution in [0.2, 0.25) is 0 Å². The monoisotopic (exact) mass is 357 g/mol. The number of hydrogen-bond donors (Lipinski definition) is 1. The minimum Gasteiger partial charge on any atom is -0.298 e. The molecule has 0 radical (unpaired) electrons. The lowest BCUT2D eigenvalue weighted by Crippen LogP contribution is -2.11. The molecule has 2 aromatic carbocycles. The second-order valence-corrected chi connectivity index (χ2v) is 7.64. The number of carbonyl (C=O) groups is 1. The van der Waals surface area contributed by atoms with Crippen molar-refractivity contribution >= 4 is 65.9 Å². The Morgan fingerprint density at radius 3 is 2.87 bits per heavy atom. The van der Waals surface area contributed by atoms with Crippen molar-refractivity contribution in [2.75, 3.05) is 11.6 Å². The highest BCUT2D eigenvalue weighted by Crippen LogP contribution is 2.30. The summed E-state index contributed by atoms with van der Waals surface area (Å²) in [5.41, 5.74) is 4.21. The predicted molar refractivity (Wildman–Crippen MR) is 99.0 cm³/mol. The Hall–Kier alpha value is -1.96. The summed E-state index contributed by atoms with van der Waals surface area (Å²) in [5, 5.41) is 3.51. The van der Waals surface area contributed by atoms with Crippen LogP contribution < -0.4 is 5.32 Å². The van der Waals surface area contributed by atoms with Gasteiger partial charge in [-0.1, -0.05) is 11.3 Å². The number of thioether (sulfide) groups is 1. The van der Waals surface area contributed by atoms with E-state index in [1.807, 2.05) is 30.5 Å². The Kier molecular flexibility index (Phi) is 3.76. The highest BCUT2D eigenvalue weighted by Gasteiger charge is 2.11. The molecule has 0 aliphatic heterocycles. The Morgan fingerprint density at radius 1 is 1.13 bits per heavy atom. The van der Waals surface area contributed by atoms with Gasteiger partial charge in [0.2, 0.25) is 0 Å². The largest absolute Gasteiger partial charge is 0.298 e. The van der Waals surface area contributed by atoms with E-state index < -0.39 is 0 Å². The maximum Gasteiger partial charge on any atom is 0.257 e. The van der Waals surface area contributed by atoms with Crippen LogP contribution in [-0.2, 0) is 0 Å². The number of hydrogen-bond acceptors (Lipinski definition) is 6. The first-order valence-electron chi connectivity index (χ1n) is 6.82. The number of thiazole rings is 2. The lowest BCUT2D eigenvalue weighted by Gasteiger charge is -2.01. The number of aromatic nitrogens is 2. The van der Waals surface area contributed by atoms with Gasteiger partial charge in [0.15, 0.2) is 5.13 Å². The molecule has 0 spiro atoms. The molecule has 4 aromatic rings. The van der Waals surface area contributed by atoms with Crippen molar-refractivity contribution in [3.63, 3.8) is 0 Å². The molecule has 0 saturated carbocycles. The summed E-state index contributed by atoms with van der Waals surface area (Å²) in [6.07, 6.45) is 2.04. The van der Waals surface area contributed by atoms with Gasteiger partial charge < -0.3 is 0 Å². The fourth-order valence-electron chi connectivity index (χ4n) is 2.25. The van der Waals surface area contributed by atoms with Crippen molar-refractivity contribution in [3.05, 3.63) is 47.5 Å². The van der Waals surface area contributed by atoms with Crippen LogP contribution in [0.1, 0.15) is 10.4 Å². The second kappa shape index (κ2) is 5.92. The molecule has 0 bridgehead atoms. The van der Waals surface area contributed by atoms with E-state index in [0.29, 0.717) is 10.7 Å². The van der Waals surface area contributed by atoms with E-state index in [9.17, 15) is 4.79 Å². The predicted octanol–water partition coefficient (Wildman–Crippen LogP) is 4.88. The quantitative estimate of drug-likeness (QED) is 0.531. The zero-order valence-electron chi connectivity index (χ0n) is 12.1. The SMILES string of the molecule is CSc1ccc2nc(NC(=O)c3ccc4ncsc4c3)sc2c1. The van der Waals surface area contributed by atoms with Crippen LogP contribution in [0.5, 0.6) is 0 Å². The number of amides is 1. The van der Waals surface area contributed by atoms with Gasteiger partial charge in [-0.3, -0.25) is 10.1 Å². The summed E-state index contributed by atoms with van der Waals surface area (Å²) in [7, 11) is 0. The molecule has 0 atom stereocenters. The number of fused-ring (bicyclic) bond motifs is 2. The Bertz CT molecular complexity index is 1020. The van der Waals surface area contributed by atoms with Crippen molar-refractivity contribution in [2.24, 2.45) is 0 Å². The van der Waals surface area contributed by atoms with Crippen molar-refractivity contribution in [3.8, 4) is 0 Å². The highest BCUT2D eigenvalue weighted by molar-refractivity contribution is 7.98. The first kappa shape index (κ1) is 14.6. The molecule has 0 aliphatic rings. The van der Waals surface area contributed by atoms with Gasteiger partial charge in [0, 0.05) is 10.5 Å². The summed E-state index contributed by atoms with van der Waals surface area (Å²) >= 11 is 4.71. The van der Waals surface area contributed by atoms with Crippen molar-refractivity contribution in [1.82, 2.24) is 9.97 Å². The molecule has 114 valence electrons. The number of nitrogens with zero attached hydrogens (tertiary/aromatic N) is 2. The molecule has 7 heteroatoms. The van der Waals surface area contributed by atoms with Gasteiger partial charge in [0.05, 0.1) is 25.9 Å². The molecule has 4 rings (SSSR count). The fraction of sp³-hybridized carbons (Fsp3) is 0.0625. The number of benzene rings is 2. The fourth-order valence-corrected chi connectivity index (χ4v) is 4.38. The molecular formula is C16H11N3OS3. The molecule has 4 nitrogen and oxygen atoms in total. The van der Waals surface area contributed by atoms with E-state index in [0.717, 1.165) is 20.4 Å². The number of nitrogens with one attached hydrogen (secondary N) is 1. The van der Waals surface area contributed by atoms with E-state index in [-0.39, 0.29) is 5.91 Å². The number of rotatable bonds is 3. The smallest absolute Gasteiger partial charge is 0.257 e. The normalized spacial score (nSPS) is 11.2. The van der Waals surface area contributed by atoms with Gasteiger partial charge in [-0.15, -0.1) is 23.1 Å². The molecule has 1 amide bonds. The van der Waals surface area contributed by atoms with E-state index in [2.05, 4.69) is 21.4 Å². The van der Waals surface area contributed by atoms with Gasteiger partial charge in [0.1, 0.15) is 0 Å². The van der Waals surface area contributed by atoms with Gasteiger partial charge in [0.25, 0.3) is 5.91 Å². The van der Waals surface area contributed by atoms with Gasteiger partial charge in [-0.25, -0.2) is 9.97 Å². The summed E-state index contributed by atoms with van der Waals surface area (Å²) in [6, 6.07) is 11.6. The maximum atomic E-state index is 12.4. The van der Waals surface area contributed by atoms with Crippen molar-refractivity contribution < 1.29 is 4.79 Å². The minimum absolute atomic E-state index is 0.149. The lowest BCUT2D eigenvalue weighted by atomic mass is 10.2. The van der Waals surface area contributed by atoms with Crippen LogP contribution in [0.25, 0.3) is 20.4 Å². The summed E-state index contributed by atoms with van der Waals surface area (Å²) in [5.74, 6) is -0.149. The third kappa shape index (κ3) is 2.83. The average molecular weight is 357 g/mol. The van der Waals surface area contributed by atoms with Crippen molar-refractivity contribution in [1.29, 1.82) is 0 Å². The Labute approximate surface area is 144 Å². The summed E-state index contributed by atoms with van der Waals surface area (Å²) in [4.78, 5) is 22.3. The Morgan fingerprint density at radius 2 is 2.00 bits per heavy atom. The van der Waals surface area contributed by atoms with Crippen LogP contribution in [0.15, 0.2) is 46.8 Å². The second-order valence-electron chi connectivity index (χ2n) is 4.84. The third-order valence-electron chi connectivity index (χ3n) is 3.41. The molecule has 2 heterocycles. The van der Waals surface area contributed by atoms with E-state index in [1.54, 1.807) is 23.3 Å². The molecule has 0 saturated heterocycles. The number of anilines is 1. The topological polar surface area (TPSA) is 54.9 Å². The average Bonchev–Trinajstić information content (AvgIpc) is 3.18. The molecular weight excluding hydrogens is 346 g/mol. The molecule has 2 aromatic heterocycles. The molecule has 0 fully saturated rings. The molecule has 0 unspecified atom stereocenters. The van der Waals surface area contributed by atoms with Crippen LogP contribution in [0, 0.1) is 0 Å². The summed E-state index contributed by atoms with van der Waals surface area (Å²) in [6.45, 7) is 0. The van der Waals surface area contributed by atoms with E-state index >= 15 is 0 Å². The third-order valence-corrected chi connectivity index (χ3v) is 5.86. The first-order valence-corrected chi connectivity index (χ1v) is 9.74. The first-order chi connectivity index (χ1) is 11.2. The molecule has 23 heavy (non-hydrogen) atoms. The van der Waals surface area contributed by atoms with Crippen molar-refractivity contribution in [2.45, 2.75) is 4.90 Å². The summed E-state index contributed by atoms with van der Waals surface area (Å²) < 4.78 is 2.08. The van der Waals surface area contributed by atoms with Crippen LogP contribution in [-0.4, -0.2) is 22.1 Å². The van der Waals surface area contributed by atoms with Gasteiger partial charge >= 0.3 is 0 Å². The maximum absolute atomic E-state index is 12.4. The van der Waals surface area contributed by atoms with Crippen LogP contribution in [0.4, 0.5) is 5.13 Å². The Balaban J connectivity index is 1.62. The highest BCUT2D eigenvalue weighted by atomic mass is 32.2.